The molecule has 1 aliphatic heterocycles. The molecule has 0 aromatic rings. The van der Waals surface area contributed by atoms with Gasteiger partial charge in [0, 0.05) is 17.7 Å². The Hall–Kier alpha value is 0.0300. The highest BCUT2D eigenvalue weighted by Gasteiger charge is 2.16. The molecule has 0 bridgehead atoms. The molecule has 0 saturated carbocycles. The van der Waals surface area contributed by atoms with Crippen molar-refractivity contribution in [2.24, 2.45) is 0 Å². The maximum Gasteiger partial charge on any atom is 0.120 e. The van der Waals surface area contributed by atoms with Crippen molar-refractivity contribution in [1.82, 2.24) is 4.72 Å². The van der Waals surface area contributed by atoms with Gasteiger partial charge in [-0.1, -0.05) is 0 Å². The second-order valence-corrected chi connectivity index (χ2v) is 2.21. The zero-order chi connectivity index (χ0) is 5.98. The van der Waals surface area contributed by atoms with Gasteiger partial charge in [-0.15, -0.1) is 0 Å². The Kier molecular flexibility index (Phi) is 1.95. The Morgan fingerprint density at radius 1 is 1.88 bits per heavy atom. The van der Waals surface area contributed by atoms with E-state index in [-0.39, 0.29) is 6.23 Å². The van der Waals surface area contributed by atoms with E-state index in [4.69, 9.17) is 4.74 Å². The lowest BCUT2D eigenvalue weighted by Gasteiger charge is -2.27. The highest BCUT2D eigenvalue weighted by atomic mass is 32.2. The molecule has 48 valence electrons. The standard InChI is InChI=1S/C3H7NO3S/c5-8(6)4-3-1-2-7-3/h3-4H,1-2H2,(H,5,6)/p-1. The summed E-state index contributed by atoms with van der Waals surface area (Å²) in [7, 11) is 0. The summed E-state index contributed by atoms with van der Waals surface area (Å²) in [6.45, 7) is 0.662. The molecule has 0 aliphatic carbocycles. The predicted octanol–water partition coefficient (Wildman–Crippen LogP) is -0.883. The minimum Gasteiger partial charge on any atom is -0.760 e. The van der Waals surface area contributed by atoms with Gasteiger partial charge in [-0.3, -0.25) is 4.21 Å². The molecule has 0 aromatic carbocycles. The lowest BCUT2D eigenvalue weighted by Crippen LogP contribution is -2.41. The van der Waals surface area contributed by atoms with Crippen LogP contribution in [0.5, 0.6) is 0 Å². The summed E-state index contributed by atoms with van der Waals surface area (Å²) in [5.74, 6) is 0. The summed E-state index contributed by atoms with van der Waals surface area (Å²) < 4.78 is 26.5. The van der Waals surface area contributed by atoms with Crippen LogP contribution in [0, 0.1) is 0 Å². The fourth-order valence-corrected chi connectivity index (χ4v) is 0.837. The number of rotatable bonds is 2. The second-order valence-electron chi connectivity index (χ2n) is 1.50. The first-order valence-electron chi connectivity index (χ1n) is 2.26. The lowest BCUT2D eigenvalue weighted by atomic mass is 10.3. The smallest absolute Gasteiger partial charge is 0.120 e. The second kappa shape index (κ2) is 2.54. The van der Waals surface area contributed by atoms with Crippen LogP contribution in [0.25, 0.3) is 0 Å². The molecule has 1 fully saturated rings. The van der Waals surface area contributed by atoms with E-state index in [2.05, 4.69) is 4.72 Å². The van der Waals surface area contributed by atoms with E-state index in [1.807, 2.05) is 0 Å². The molecule has 0 aromatic heterocycles. The Labute approximate surface area is 49.6 Å². The van der Waals surface area contributed by atoms with Crippen LogP contribution < -0.4 is 4.72 Å². The number of ether oxygens (including phenoxy) is 1. The van der Waals surface area contributed by atoms with Gasteiger partial charge in [-0.25, -0.2) is 4.72 Å². The maximum atomic E-state index is 9.81. The molecule has 5 heteroatoms. The van der Waals surface area contributed by atoms with Crippen molar-refractivity contribution in [3.05, 3.63) is 0 Å². The third kappa shape index (κ3) is 1.52. The molecule has 0 amide bonds. The normalized spacial score (nSPS) is 31.4. The average Bonchev–Trinajstić information content (AvgIpc) is 1.55. The molecule has 4 nitrogen and oxygen atoms in total. The zero-order valence-corrected chi connectivity index (χ0v) is 4.94. The SMILES string of the molecule is O=S([O-])NC1CCO1. The van der Waals surface area contributed by atoms with E-state index in [0.717, 1.165) is 6.42 Å². The largest absolute Gasteiger partial charge is 0.760 e. The predicted molar refractivity (Wildman–Crippen MR) is 26.4 cm³/mol. The zero-order valence-electron chi connectivity index (χ0n) is 4.12. The molecule has 8 heavy (non-hydrogen) atoms. The van der Waals surface area contributed by atoms with E-state index in [1.54, 1.807) is 0 Å². The van der Waals surface area contributed by atoms with Crippen LogP contribution in [-0.2, 0) is 16.0 Å². The van der Waals surface area contributed by atoms with Gasteiger partial charge in [0.25, 0.3) is 0 Å². The number of hydrogen-bond donors (Lipinski definition) is 1. The van der Waals surface area contributed by atoms with Crippen molar-refractivity contribution < 1.29 is 13.5 Å². The van der Waals surface area contributed by atoms with Crippen molar-refractivity contribution >= 4 is 11.3 Å². The van der Waals surface area contributed by atoms with E-state index in [1.165, 1.54) is 0 Å². The molecule has 1 heterocycles. The van der Waals surface area contributed by atoms with E-state index in [0.29, 0.717) is 6.61 Å². The Morgan fingerprint density at radius 3 is 2.62 bits per heavy atom. The third-order valence-corrected chi connectivity index (χ3v) is 1.38. The van der Waals surface area contributed by atoms with Gasteiger partial charge in [-0.2, -0.15) is 0 Å². The Balaban J connectivity index is 2.09. The Morgan fingerprint density at radius 2 is 2.50 bits per heavy atom. The highest BCUT2D eigenvalue weighted by Crippen LogP contribution is 2.06. The monoisotopic (exact) mass is 136 g/mol. The molecule has 1 saturated heterocycles. The maximum absolute atomic E-state index is 9.81. The fourth-order valence-electron chi connectivity index (χ4n) is 0.436. The lowest BCUT2D eigenvalue weighted by molar-refractivity contribution is -0.0567. The van der Waals surface area contributed by atoms with Crippen LogP contribution in [0.2, 0.25) is 0 Å². The minimum atomic E-state index is -2.17. The molecule has 0 spiro atoms. The van der Waals surface area contributed by atoms with Crippen molar-refractivity contribution in [1.29, 1.82) is 0 Å². The van der Waals surface area contributed by atoms with E-state index in [9.17, 15) is 8.76 Å². The fraction of sp³-hybridized carbons (Fsp3) is 1.00. The summed E-state index contributed by atoms with van der Waals surface area (Å²) in [4.78, 5) is 0. The molecule has 2 atom stereocenters. The first-order chi connectivity index (χ1) is 3.79. The first kappa shape index (κ1) is 6.15. The molecule has 2 unspecified atom stereocenters. The summed E-state index contributed by atoms with van der Waals surface area (Å²) in [5, 5.41) is 0. The molecular formula is C3H6NO3S-. The van der Waals surface area contributed by atoms with Crippen molar-refractivity contribution in [2.75, 3.05) is 6.61 Å². The van der Waals surface area contributed by atoms with E-state index >= 15 is 0 Å². The van der Waals surface area contributed by atoms with Gasteiger partial charge < -0.3 is 9.29 Å². The quantitative estimate of drug-likeness (QED) is 0.501. The molecule has 1 rings (SSSR count). The van der Waals surface area contributed by atoms with Crippen LogP contribution in [0.4, 0.5) is 0 Å². The summed E-state index contributed by atoms with van der Waals surface area (Å²) in [6, 6.07) is 0. The van der Waals surface area contributed by atoms with Gasteiger partial charge in [-0.05, 0) is 0 Å². The third-order valence-electron chi connectivity index (χ3n) is 0.927. The number of hydrogen-bond acceptors (Lipinski definition) is 3. The summed E-state index contributed by atoms with van der Waals surface area (Å²) >= 11 is -2.17. The minimum absolute atomic E-state index is 0.256. The van der Waals surface area contributed by atoms with Gasteiger partial charge in [0.2, 0.25) is 0 Å². The van der Waals surface area contributed by atoms with Crippen LogP contribution in [0.1, 0.15) is 6.42 Å². The molecular weight excluding hydrogens is 130 g/mol. The average molecular weight is 136 g/mol. The molecule has 1 aliphatic rings. The van der Waals surface area contributed by atoms with Crippen LogP contribution in [0.3, 0.4) is 0 Å². The van der Waals surface area contributed by atoms with Gasteiger partial charge in [0.1, 0.15) is 6.23 Å². The highest BCUT2D eigenvalue weighted by molar-refractivity contribution is 7.77. The van der Waals surface area contributed by atoms with Gasteiger partial charge >= 0.3 is 0 Å². The molecule has 1 N–H and O–H groups in total. The van der Waals surface area contributed by atoms with Crippen LogP contribution >= 0.6 is 0 Å². The van der Waals surface area contributed by atoms with Crippen molar-refractivity contribution in [2.45, 2.75) is 12.6 Å². The number of nitrogens with one attached hydrogen (secondary N) is 1. The Bertz CT molecular complexity index is 103. The van der Waals surface area contributed by atoms with Crippen LogP contribution in [0.15, 0.2) is 0 Å². The topological polar surface area (TPSA) is 61.4 Å². The first-order valence-corrected chi connectivity index (χ1v) is 3.33. The summed E-state index contributed by atoms with van der Waals surface area (Å²) in [6.07, 6.45) is 0.530. The van der Waals surface area contributed by atoms with Crippen LogP contribution in [-0.4, -0.2) is 21.6 Å². The van der Waals surface area contributed by atoms with E-state index < -0.39 is 11.3 Å². The summed E-state index contributed by atoms with van der Waals surface area (Å²) in [5.41, 5.74) is 0. The van der Waals surface area contributed by atoms with Crippen molar-refractivity contribution in [3.63, 3.8) is 0 Å². The van der Waals surface area contributed by atoms with Crippen molar-refractivity contribution in [3.8, 4) is 0 Å². The van der Waals surface area contributed by atoms with Gasteiger partial charge in [0.05, 0.1) is 6.61 Å². The van der Waals surface area contributed by atoms with Gasteiger partial charge in [0.15, 0.2) is 0 Å². The molecule has 0 radical (unpaired) electrons.